The number of para-hydroxylation sites is 1. The highest BCUT2D eigenvalue weighted by atomic mass is 16.5. The minimum Gasteiger partial charge on any atom is -0.456 e. The predicted octanol–water partition coefficient (Wildman–Crippen LogP) is 2.94. The Hall–Kier alpha value is -3.48. The molecule has 0 unspecified atom stereocenters. The third-order valence-electron chi connectivity index (χ3n) is 4.76. The Bertz CT molecular complexity index is 1130. The maximum Gasteiger partial charge on any atom is 0.306 e. The predicted molar refractivity (Wildman–Crippen MR) is 119 cm³/mol. The number of hydrogen-bond acceptors (Lipinski definition) is 5. The van der Waals surface area contributed by atoms with E-state index in [0.29, 0.717) is 34.9 Å². The zero-order valence-corrected chi connectivity index (χ0v) is 18.1. The molecule has 0 fully saturated rings. The first-order valence-corrected chi connectivity index (χ1v) is 10.3. The number of esters is 1. The van der Waals surface area contributed by atoms with E-state index in [1.807, 2.05) is 51.1 Å². The Balaban J connectivity index is 1.79. The lowest BCUT2D eigenvalue weighted by Gasteiger charge is -2.14. The standard InChI is InChI=1S/C24H27N3O4/c1-16(2)14-25-22(28)15-31-23(29)13-12-21-26-20-7-5-4-6-19(20)24(30)27(21)18-10-8-17(3)9-11-18/h4-11,16H,12-15H2,1-3H3,(H,25,28). The van der Waals surface area contributed by atoms with Gasteiger partial charge in [0.2, 0.25) is 0 Å². The molecule has 31 heavy (non-hydrogen) atoms. The van der Waals surface area contributed by atoms with Crippen LogP contribution in [-0.4, -0.2) is 34.6 Å². The molecule has 0 atom stereocenters. The van der Waals surface area contributed by atoms with E-state index in [-0.39, 0.29) is 30.9 Å². The maximum absolute atomic E-state index is 13.2. The summed E-state index contributed by atoms with van der Waals surface area (Å²) >= 11 is 0. The SMILES string of the molecule is Cc1ccc(-n2c(CCC(=O)OCC(=O)NCC(C)C)nc3ccccc3c2=O)cc1. The van der Waals surface area contributed by atoms with Crippen molar-refractivity contribution in [2.75, 3.05) is 13.2 Å². The maximum atomic E-state index is 13.2. The second-order valence-electron chi connectivity index (χ2n) is 7.88. The average Bonchev–Trinajstić information content (AvgIpc) is 2.76. The molecule has 0 aliphatic rings. The van der Waals surface area contributed by atoms with Gasteiger partial charge in [-0.15, -0.1) is 0 Å². The van der Waals surface area contributed by atoms with Crippen molar-refractivity contribution in [2.45, 2.75) is 33.6 Å². The number of ether oxygens (including phenoxy) is 1. The Morgan fingerprint density at radius 2 is 1.81 bits per heavy atom. The first-order chi connectivity index (χ1) is 14.8. The van der Waals surface area contributed by atoms with Crippen molar-refractivity contribution >= 4 is 22.8 Å². The summed E-state index contributed by atoms with van der Waals surface area (Å²) in [4.78, 5) is 41.7. The summed E-state index contributed by atoms with van der Waals surface area (Å²) in [6.07, 6.45) is 0.217. The summed E-state index contributed by atoms with van der Waals surface area (Å²) < 4.78 is 6.60. The second kappa shape index (κ2) is 10.0. The van der Waals surface area contributed by atoms with Crippen molar-refractivity contribution < 1.29 is 14.3 Å². The van der Waals surface area contributed by atoms with E-state index in [4.69, 9.17) is 4.74 Å². The summed E-state index contributed by atoms with van der Waals surface area (Å²) in [5, 5.41) is 3.21. The molecule has 1 heterocycles. The molecule has 0 saturated carbocycles. The molecule has 0 bridgehead atoms. The molecular weight excluding hydrogens is 394 g/mol. The number of aromatic nitrogens is 2. The van der Waals surface area contributed by atoms with Crippen LogP contribution in [0.4, 0.5) is 0 Å². The highest BCUT2D eigenvalue weighted by Crippen LogP contribution is 2.15. The van der Waals surface area contributed by atoms with Crippen LogP contribution in [0.1, 0.15) is 31.7 Å². The Kier molecular flexibility index (Phi) is 7.18. The van der Waals surface area contributed by atoms with Crippen LogP contribution >= 0.6 is 0 Å². The van der Waals surface area contributed by atoms with Gasteiger partial charge in [-0.2, -0.15) is 0 Å². The normalized spacial score (nSPS) is 11.0. The van der Waals surface area contributed by atoms with Crippen LogP contribution in [0, 0.1) is 12.8 Å². The fraction of sp³-hybridized carbons (Fsp3) is 0.333. The van der Waals surface area contributed by atoms with Crippen LogP contribution in [-0.2, 0) is 20.7 Å². The molecule has 2 aromatic carbocycles. The summed E-state index contributed by atoms with van der Waals surface area (Å²) in [5.74, 6) is -0.0640. The van der Waals surface area contributed by atoms with Crippen LogP contribution in [0.3, 0.4) is 0 Å². The van der Waals surface area contributed by atoms with Gasteiger partial charge in [-0.05, 0) is 37.1 Å². The molecule has 1 amide bonds. The smallest absolute Gasteiger partial charge is 0.306 e. The summed E-state index contributed by atoms with van der Waals surface area (Å²) in [7, 11) is 0. The van der Waals surface area contributed by atoms with E-state index in [0.717, 1.165) is 5.56 Å². The van der Waals surface area contributed by atoms with Gasteiger partial charge in [0.1, 0.15) is 5.82 Å². The average molecular weight is 421 g/mol. The number of hydrogen-bond donors (Lipinski definition) is 1. The third kappa shape index (κ3) is 5.78. The number of nitrogens with one attached hydrogen (secondary N) is 1. The van der Waals surface area contributed by atoms with E-state index in [9.17, 15) is 14.4 Å². The molecule has 0 radical (unpaired) electrons. The largest absolute Gasteiger partial charge is 0.456 e. The summed E-state index contributed by atoms with van der Waals surface area (Å²) in [6, 6.07) is 14.7. The highest BCUT2D eigenvalue weighted by Gasteiger charge is 2.15. The van der Waals surface area contributed by atoms with Crippen LogP contribution in [0.15, 0.2) is 53.3 Å². The second-order valence-corrected chi connectivity index (χ2v) is 7.88. The van der Waals surface area contributed by atoms with E-state index < -0.39 is 5.97 Å². The summed E-state index contributed by atoms with van der Waals surface area (Å²) in [5.41, 5.74) is 2.15. The van der Waals surface area contributed by atoms with Gasteiger partial charge in [-0.3, -0.25) is 19.0 Å². The molecule has 0 saturated heterocycles. The Labute approximate surface area is 181 Å². The minimum absolute atomic E-state index is 0.00804. The van der Waals surface area contributed by atoms with E-state index in [1.54, 1.807) is 18.2 Å². The third-order valence-corrected chi connectivity index (χ3v) is 4.76. The molecule has 1 N–H and O–H groups in total. The lowest BCUT2D eigenvalue weighted by molar-refractivity contribution is -0.148. The van der Waals surface area contributed by atoms with Gasteiger partial charge < -0.3 is 10.1 Å². The van der Waals surface area contributed by atoms with Gasteiger partial charge >= 0.3 is 5.97 Å². The van der Waals surface area contributed by atoms with Crippen molar-refractivity contribution in [3.63, 3.8) is 0 Å². The van der Waals surface area contributed by atoms with Crippen LogP contribution in [0.2, 0.25) is 0 Å². The fourth-order valence-corrected chi connectivity index (χ4v) is 3.11. The number of benzene rings is 2. The molecule has 7 nitrogen and oxygen atoms in total. The molecular formula is C24H27N3O4. The molecule has 3 rings (SSSR count). The number of aryl methyl sites for hydroxylation is 2. The number of nitrogens with zero attached hydrogens (tertiary/aromatic N) is 2. The van der Waals surface area contributed by atoms with Gasteiger partial charge in [0, 0.05) is 13.0 Å². The molecule has 0 aliphatic heterocycles. The fourth-order valence-electron chi connectivity index (χ4n) is 3.11. The molecule has 0 aliphatic carbocycles. The van der Waals surface area contributed by atoms with E-state index in [1.165, 1.54) is 4.57 Å². The van der Waals surface area contributed by atoms with Crippen molar-refractivity contribution in [1.82, 2.24) is 14.9 Å². The van der Waals surface area contributed by atoms with E-state index in [2.05, 4.69) is 10.3 Å². The van der Waals surface area contributed by atoms with Gasteiger partial charge in [-0.1, -0.05) is 43.7 Å². The number of rotatable bonds is 8. The van der Waals surface area contributed by atoms with Gasteiger partial charge in [0.05, 0.1) is 23.0 Å². The minimum atomic E-state index is -0.516. The molecule has 7 heteroatoms. The van der Waals surface area contributed by atoms with Crippen LogP contribution in [0.25, 0.3) is 16.6 Å². The zero-order chi connectivity index (χ0) is 22.4. The van der Waals surface area contributed by atoms with Crippen molar-refractivity contribution in [3.05, 3.63) is 70.3 Å². The van der Waals surface area contributed by atoms with Crippen LogP contribution in [0.5, 0.6) is 0 Å². The number of amides is 1. The van der Waals surface area contributed by atoms with Gasteiger partial charge in [0.25, 0.3) is 11.5 Å². The number of carbonyl (C=O) groups is 2. The summed E-state index contributed by atoms with van der Waals surface area (Å²) in [6.45, 7) is 6.15. The van der Waals surface area contributed by atoms with E-state index >= 15 is 0 Å². The molecule has 0 spiro atoms. The van der Waals surface area contributed by atoms with Crippen LogP contribution < -0.4 is 10.9 Å². The quantitative estimate of drug-likeness (QED) is 0.565. The zero-order valence-electron chi connectivity index (χ0n) is 18.1. The highest BCUT2D eigenvalue weighted by molar-refractivity contribution is 5.80. The number of carbonyl (C=O) groups excluding carboxylic acids is 2. The van der Waals surface area contributed by atoms with Crippen molar-refractivity contribution in [2.24, 2.45) is 5.92 Å². The Morgan fingerprint density at radius 1 is 1.10 bits per heavy atom. The number of fused-ring (bicyclic) bond motifs is 1. The molecule has 3 aromatic rings. The molecule has 1 aromatic heterocycles. The lowest BCUT2D eigenvalue weighted by Crippen LogP contribution is -2.31. The molecule has 162 valence electrons. The van der Waals surface area contributed by atoms with Gasteiger partial charge in [0.15, 0.2) is 6.61 Å². The Morgan fingerprint density at radius 3 is 2.52 bits per heavy atom. The topological polar surface area (TPSA) is 90.3 Å². The van der Waals surface area contributed by atoms with Gasteiger partial charge in [-0.25, -0.2) is 4.98 Å². The first-order valence-electron chi connectivity index (χ1n) is 10.3. The lowest BCUT2D eigenvalue weighted by atomic mass is 10.2. The van der Waals surface area contributed by atoms with Crippen molar-refractivity contribution in [3.8, 4) is 5.69 Å². The first kappa shape index (κ1) is 22.2. The monoisotopic (exact) mass is 421 g/mol. The van der Waals surface area contributed by atoms with Crippen molar-refractivity contribution in [1.29, 1.82) is 0 Å².